The van der Waals surface area contributed by atoms with Gasteiger partial charge in [0.2, 0.25) is 0 Å². The first-order valence-corrected chi connectivity index (χ1v) is 7.33. The number of hydrogen-bond acceptors (Lipinski definition) is 5. The molecular weight excluding hydrogens is 270 g/mol. The second kappa shape index (κ2) is 5.56. The maximum Gasteiger partial charge on any atom is 0.337 e. The molecule has 1 aromatic rings. The molecule has 2 aliphatic rings. The first-order valence-electron chi connectivity index (χ1n) is 7.33. The summed E-state index contributed by atoms with van der Waals surface area (Å²) in [5.74, 6) is 0.918. The molecule has 0 radical (unpaired) electrons. The molecule has 5 nitrogen and oxygen atoms in total. The van der Waals surface area contributed by atoms with Gasteiger partial charge >= 0.3 is 5.97 Å². The Balaban J connectivity index is 1.88. The fourth-order valence-corrected chi connectivity index (χ4v) is 3.32. The van der Waals surface area contributed by atoms with E-state index in [-0.39, 0.29) is 11.6 Å². The van der Waals surface area contributed by atoms with E-state index in [0.29, 0.717) is 17.1 Å². The molecule has 2 fully saturated rings. The van der Waals surface area contributed by atoms with Crippen molar-refractivity contribution in [2.75, 3.05) is 33.9 Å². The van der Waals surface area contributed by atoms with Gasteiger partial charge in [-0.05, 0) is 37.6 Å². The van der Waals surface area contributed by atoms with Crippen molar-refractivity contribution < 1.29 is 19.0 Å². The molecule has 2 heterocycles. The van der Waals surface area contributed by atoms with Gasteiger partial charge in [0.1, 0.15) is 5.60 Å². The minimum atomic E-state index is -0.364. The zero-order valence-corrected chi connectivity index (χ0v) is 12.6. The van der Waals surface area contributed by atoms with Gasteiger partial charge in [0, 0.05) is 19.5 Å². The van der Waals surface area contributed by atoms with Gasteiger partial charge in [-0.25, -0.2) is 4.79 Å². The van der Waals surface area contributed by atoms with Crippen LogP contribution in [0.1, 0.15) is 29.6 Å². The molecule has 0 saturated carbocycles. The van der Waals surface area contributed by atoms with Gasteiger partial charge in [0.15, 0.2) is 11.5 Å². The lowest BCUT2D eigenvalue weighted by molar-refractivity contribution is 0.0422. The van der Waals surface area contributed by atoms with Crippen LogP contribution < -0.4 is 9.47 Å². The van der Waals surface area contributed by atoms with Crippen LogP contribution in [0.15, 0.2) is 18.2 Å². The summed E-state index contributed by atoms with van der Waals surface area (Å²) in [6, 6.07) is 5.17. The maximum atomic E-state index is 11.7. The van der Waals surface area contributed by atoms with Crippen molar-refractivity contribution in [3.63, 3.8) is 0 Å². The first kappa shape index (κ1) is 14.2. The number of fused-ring (bicyclic) bond motifs is 2. The number of nitrogens with zero attached hydrogens (tertiary/aromatic N) is 1. The third-order valence-electron chi connectivity index (χ3n) is 4.41. The van der Waals surface area contributed by atoms with Crippen LogP contribution in [0.3, 0.4) is 0 Å². The molecule has 21 heavy (non-hydrogen) atoms. The van der Waals surface area contributed by atoms with Crippen LogP contribution in [0.5, 0.6) is 11.5 Å². The molecule has 2 saturated heterocycles. The van der Waals surface area contributed by atoms with E-state index in [0.717, 1.165) is 38.9 Å². The predicted molar refractivity (Wildman–Crippen MR) is 78.0 cm³/mol. The summed E-state index contributed by atoms with van der Waals surface area (Å²) >= 11 is 0. The summed E-state index contributed by atoms with van der Waals surface area (Å²) in [5, 5.41) is 0. The molecule has 0 aliphatic carbocycles. The smallest absolute Gasteiger partial charge is 0.337 e. The van der Waals surface area contributed by atoms with Crippen molar-refractivity contribution in [2.24, 2.45) is 0 Å². The highest BCUT2D eigenvalue weighted by molar-refractivity contribution is 5.90. The van der Waals surface area contributed by atoms with E-state index in [2.05, 4.69) is 4.90 Å². The first-order chi connectivity index (χ1) is 10.2. The van der Waals surface area contributed by atoms with Crippen molar-refractivity contribution in [1.82, 2.24) is 4.90 Å². The van der Waals surface area contributed by atoms with Gasteiger partial charge in [-0.1, -0.05) is 0 Å². The topological polar surface area (TPSA) is 48.0 Å². The molecule has 0 amide bonds. The number of esters is 1. The normalized spacial score (nSPS) is 27.2. The Kier molecular flexibility index (Phi) is 3.76. The van der Waals surface area contributed by atoms with E-state index in [1.165, 1.54) is 7.11 Å². The zero-order chi connectivity index (χ0) is 14.9. The zero-order valence-electron chi connectivity index (χ0n) is 12.6. The summed E-state index contributed by atoms with van der Waals surface area (Å²) in [4.78, 5) is 14.1. The fraction of sp³-hybridized carbons (Fsp3) is 0.562. The van der Waals surface area contributed by atoms with Crippen LogP contribution in [0, 0.1) is 0 Å². The average molecular weight is 291 g/mol. The molecule has 1 aromatic carbocycles. The van der Waals surface area contributed by atoms with Crippen molar-refractivity contribution >= 4 is 5.97 Å². The Morgan fingerprint density at radius 2 is 2.05 bits per heavy atom. The number of hydrogen-bond donors (Lipinski definition) is 0. The predicted octanol–water partition coefficient (Wildman–Crippen LogP) is 2.10. The van der Waals surface area contributed by atoms with Crippen LogP contribution in [0.4, 0.5) is 0 Å². The molecule has 1 unspecified atom stereocenters. The third kappa shape index (κ3) is 2.70. The molecule has 5 heteroatoms. The average Bonchev–Trinajstić information content (AvgIpc) is 2.80. The van der Waals surface area contributed by atoms with Crippen molar-refractivity contribution in [3.05, 3.63) is 23.8 Å². The minimum Gasteiger partial charge on any atom is -0.493 e. The Bertz CT molecular complexity index is 541. The SMILES string of the molecule is COC(=O)c1ccc(OC)c(O[C@@]23CCCN(CC2)C3)c1. The van der Waals surface area contributed by atoms with Crippen molar-refractivity contribution in [1.29, 1.82) is 0 Å². The van der Waals surface area contributed by atoms with Gasteiger partial charge in [0.05, 0.1) is 19.8 Å². The van der Waals surface area contributed by atoms with Crippen LogP contribution in [-0.4, -0.2) is 50.3 Å². The summed E-state index contributed by atoms with van der Waals surface area (Å²) in [5.41, 5.74) is 0.343. The van der Waals surface area contributed by atoms with Crippen molar-refractivity contribution in [2.45, 2.75) is 24.9 Å². The molecule has 0 N–H and O–H groups in total. The Morgan fingerprint density at radius 3 is 2.81 bits per heavy atom. The number of methoxy groups -OCH3 is 2. The molecule has 2 aliphatic heterocycles. The lowest BCUT2D eigenvalue weighted by Gasteiger charge is -2.35. The second-order valence-electron chi connectivity index (χ2n) is 5.77. The van der Waals surface area contributed by atoms with Gasteiger partial charge in [-0.3, -0.25) is 4.90 Å². The highest BCUT2D eigenvalue weighted by Gasteiger charge is 2.43. The largest absolute Gasteiger partial charge is 0.493 e. The van der Waals surface area contributed by atoms with Gasteiger partial charge in [-0.15, -0.1) is 0 Å². The molecule has 2 atom stereocenters. The van der Waals surface area contributed by atoms with Crippen LogP contribution in [0.2, 0.25) is 0 Å². The van der Waals surface area contributed by atoms with E-state index in [1.54, 1.807) is 25.3 Å². The number of piperidine rings is 1. The lowest BCUT2D eigenvalue weighted by Crippen LogP contribution is -2.43. The number of ether oxygens (including phenoxy) is 3. The molecular formula is C16H21NO4. The number of carbonyl (C=O) groups excluding carboxylic acids is 1. The van der Waals surface area contributed by atoms with E-state index in [4.69, 9.17) is 14.2 Å². The highest BCUT2D eigenvalue weighted by atomic mass is 16.5. The fourth-order valence-electron chi connectivity index (χ4n) is 3.32. The Morgan fingerprint density at radius 1 is 1.19 bits per heavy atom. The highest BCUT2D eigenvalue weighted by Crippen LogP contribution is 2.39. The molecule has 114 valence electrons. The lowest BCUT2D eigenvalue weighted by atomic mass is 9.94. The number of carbonyl (C=O) groups is 1. The van der Waals surface area contributed by atoms with Gasteiger partial charge in [-0.2, -0.15) is 0 Å². The minimum absolute atomic E-state index is 0.139. The van der Waals surface area contributed by atoms with Gasteiger partial charge < -0.3 is 14.2 Å². The van der Waals surface area contributed by atoms with Crippen molar-refractivity contribution in [3.8, 4) is 11.5 Å². The molecule has 3 rings (SSSR count). The molecule has 0 spiro atoms. The molecule has 2 bridgehead atoms. The Labute approximate surface area is 124 Å². The van der Waals surface area contributed by atoms with Gasteiger partial charge in [0.25, 0.3) is 0 Å². The summed E-state index contributed by atoms with van der Waals surface area (Å²) in [7, 11) is 2.99. The second-order valence-corrected chi connectivity index (χ2v) is 5.77. The van der Waals surface area contributed by atoms with E-state index < -0.39 is 0 Å². The Hall–Kier alpha value is -1.75. The van der Waals surface area contributed by atoms with Crippen LogP contribution >= 0.6 is 0 Å². The monoisotopic (exact) mass is 291 g/mol. The summed E-state index contributed by atoms with van der Waals surface area (Å²) in [6.45, 7) is 3.20. The number of rotatable bonds is 4. The quantitative estimate of drug-likeness (QED) is 0.795. The van der Waals surface area contributed by atoms with E-state index in [1.807, 2.05) is 0 Å². The van der Waals surface area contributed by atoms with E-state index >= 15 is 0 Å². The number of benzene rings is 1. The summed E-state index contributed by atoms with van der Waals surface area (Å²) in [6.07, 6.45) is 3.23. The van der Waals surface area contributed by atoms with Crippen LogP contribution in [-0.2, 0) is 4.74 Å². The maximum absolute atomic E-state index is 11.7. The molecule has 0 aromatic heterocycles. The summed E-state index contributed by atoms with van der Waals surface area (Å²) < 4.78 is 16.5. The standard InChI is InChI=1S/C16H21NO4/c1-19-13-5-4-12(15(18)20-2)10-14(13)21-16-6-3-8-17(11-16)9-7-16/h4-5,10H,3,6-9,11H2,1-2H3/t16-/m0/s1. The third-order valence-corrected chi connectivity index (χ3v) is 4.41. The van der Waals surface area contributed by atoms with Crippen LogP contribution in [0.25, 0.3) is 0 Å². The van der Waals surface area contributed by atoms with E-state index in [9.17, 15) is 4.79 Å².